The van der Waals surface area contributed by atoms with Crippen LogP contribution in [0.4, 0.5) is 52.7 Å². The average Bonchev–Trinajstić information content (AvgIpc) is 3.81. The molecule has 0 atom stereocenters. The maximum atomic E-state index is 14.0. The van der Waals surface area contributed by atoms with Crippen molar-refractivity contribution in [2.24, 2.45) is 0 Å². The molecule has 10 rings (SSSR count). The topological polar surface area (TPSA) is 9.86 Å². The van der Waals surface area contributed by atoms with Crippen LogP contribution in [0.5, 0.6) is 0 Å². The van der Waals surface area contributed by atoms with Crippen LogP contribution in [-0.4, -0.2) is 17.2 Å². The number of nitrogens with zero attached hydrogens (tertiary/aromatic N) is 2. The summed E-state index contributed by atoms with van der Waals surface area (Å²) in [7, 11) is -3.36. The second-order valence-electron chi connectivity index (χ2n) is 16.2. The molecule has 2 aromatic heterocycles. The van der Waals surface area contributed by atoms with Crippen molar-refractivity contribution in [1.29, 1.82) is 0 Å². The van der Waals surface area contributed by atoms with Crippen molar-refractivity contribution < 1.29 is 52.7 Å². The summed E-state index contributed by atoms with van der Waals surface area (Å²) in [6.45, 7) is 0. The maximum absolute atomic E-state index is 14.0. The normalized spacial score (nSPS) is 13.1. The fourth-order valence-corrected chi connectivity index (χ4v) is 14.1. The quantitative estimate of drug-likeness (QED) is 0.0893. The Balaban J connectivity index is 1.17. The number of hydrogen-bond acceptors (Lipinski definition) is 0. The predicted molar refractivity (Wildman–Crippen MR) is 239 cm³/mol. The fourth-order valence-electron chi connectivity index (χ4n) is 9.41. The minimum absolute atomic E-state index is 0.0118. The Labute approximate surface area is 373 Å². The van der Waals surface area contributed by atoms with Gasteiger partial charge in [0.2, 0.25) is 0 Å². The molecule has 2 nitrogen and oxygen atoms in total. The summed E-state index contributed by atoms with van der Waals surface area (Å²) in [6, 6.07) is 45.9. The van der Waals surface area contributed by atoms with Gasteiger partial charge in [-0.3, -0.25) is 0 Å². The summed E-state index contributed by atoms with van der Waals surface area (Å²) in [5.74, 6) is 0. The van der Waals surface area contributed by atoms with E-state index in [9.17, 15) is 52.7 Å². The molecule has 0 aliphatic heterocycles. The first-order chi connectivity index (χ1) is 31.7. The second-order valence-corrected chi connectivity index (χ2v) is 20.0. The zero-order valence-electron chi connectivity index (χ0n) is 34.3. The molecule has 0 fully saturated rings. The highest BCUT2D eigenvalue weighted by Crippen LogP contribution is 2.42. The fraction of sp³-hybridized carbons (Fsp3) is 0.0769. The predicted octanol–water partition coefficient (Wildman–Crippen LogP) is 13.3. The number of rotatable bonds is 6. The third-order valence-corrected chi connectivity index (χ3v) is 17.2. The van der Waals surface area contributed by atoms with E-state index in [0.29, 0.717) is 11.4 Å². The Morgan fingerprint density at radius 3 is 0.746 bits per heavy atom. The number of alkyl halides is 12. The Bertz CT molecular complexity index is 3120. The summed E-state index contributed by atoms with van der Waals surface area (Å²) in [5, 5.41) is 3.52. The molecule has 0 unspecified atom stereocenters. The molecule has 0 N–H and O–H groups in total. The lowest BCUT2D eigenvalue weighted by molar-refractivity contribution is -0.138. The van der Waals surface area contributed by atoms with Crippen molar-refractivity contribution in [2.75, 3.05) is 0 Å². The van der Waals surface area contributed by atoms with E-state index in [-0.39, 0.29) is 43.6 Å². The van der Waals surface area contributed by atoms with E-state index in [4.69, 9.17) is 0 Å². The molecule has 0 aliphatic rings. The summed E-state index contributed by atoms with van der Waals surface area (Å²) in [5.41, 5.74) is -2.07. The van der Waals surface area contributed by atoms with Gasteiger partial charge < -0.3 is 9.13 Å². The zero-order valence-corrected chi connectivity index (χ0v) is 35.3. The molecule has 0 radical (unpaired) electrons. The zero-order chi connectivity index (χ0) is 47.3. The molecular weight excluding hydrogens is 909 g/mol. The van der Waals surface area contributed by atoms with Crippen LogP contribution >= 0.6 is 0 Å². The molecule has 0 saturated heterocycles. The van der Waals surface area contributed by atoms with E-state index in [1.165, 1.54) is 24.3 Å². The van der Waals surface area contributed by atoms with Gasteiger partial charge in [-0.2, -0.15) is 52.7 Å². The first-order valence-corrected chi connectivity index (χ1v) is 22.5. The number of halogens is 12. The molecule has 0 aliphatic carbocycles. The largest absolute Gasteiger partial charge is 0.416 e. The molecule has 10 aromatic rings. The van der Waals surface area contributed by atoms with Crippen LogP contribution in [0.25, 0.3) is 55.0 Å². The average molecular weight is 939 g/mol. The molecule has 15 heteroatoms. The first kappa shape index (κ1) is 43.6. The minimum atomic E-state index is -4.75. The van der Waals surface area contributed by atoms with Crippen LogP contribution < -0.4 is 20.7 Å². The lowest BCUT2D eigenvalue weighted by atomic mass is 10.1. The van der Waals surface area contributed by atoms with E-state index in [1.54, 1.807) is 33.4 Å². The van der Waals surface area contributed by atoms with Gasteiger partial charge in [0.1, 0.15) is 0 Å². The van der Waals surface area contributed by atoms with Crippen molar-refractivity contribution in [3.63, 3.8) is 0 Å². The minimum Gasteiger partial charge on any atom is -0.309 e. The maximum Gasteiger partial charge on any atom is 0.416 e. The van der Waals surface area contributed by atoms with Crippen molar-refractivity contribution in [3.05, 3.63) is 204 Å². The third-order valence-electron chi connectivity index (χ3n) is 12.4. The van der Waals surface area contributed by atoms with Crippen molar-refractivity contribution in [1.82, 2.24) is 9.13 Å². The van der Waals surface area contributed by atoms with Gasteiger partial charge in [-0.25, -0.2) is 0 Å². The van der Waals surface area contributed by atoms with Crippen molar-refractivity contribution in [3.8, 4) is 11.4 Å². The van der Waals surface area contributed by atoms with Gasteiger partial charge in [0.15, 0.2) is 8.07 Å². The van der Waals surface area contributed by atoms with Gasteiger partial charge in [0, 0.05) is 32.9 Å². The number of fused-ring (bicyclic) bond motifs is 6. The summed E-state index contributed by atoms with van der Waals surface area (Å²) in [6.07, 6.45) is -19.0. The molecular formula is C52H30F12N2Si. The van der Waals surface area contributed by atoms with Crippen molar-refractivity contribution in [2.45, 2.75) is 24.7 Å². The molecule has 67 heavy (non-hydrogen) atoms. The molecule has 0 bridgehead atoms. The molecule has 0 amide bonds. The smallest absolute Gasteiger partial charge is 0.309 e. The number of benzene rings is 8. The highest BCUT2D eigenvalue weighted by molar-refractivity contribution is 7.19. The van der Waals surface area contributed by atoms with Crippen LogP contribution in [-0.2, 0) is 24.7 Å². The molecule has 8 aromatic carbocycles. The van der Waals surface area contributed by atoms with E-state index >= 15 is 0 Å². The van der Waals surface area contributed by atoms with Gasteiger partial charge in [-0.1, -0.05) is 84.9 Å². The summed E-state index contributed by atoms with van der Waals surface area (Å²) >= 11 is 0. The van der Waals surface area contributed by atoms with Gasteiger partial charge in [-0.15, -0.1) is 0 Å². The highest BCUT2D eigenvalue weighted by Gasteiger charge is 2.42. The van der Waals surface area contributed by atoms with Crippen LogP contribution in [0.3, 0.4) is 0 Å². The number of aromatic nitrogens is 2. The molecule has 0 saturated carbocycles. The lowest BCUT2D eigenvalue weighted by Crippen LogP contribution is -2.74. The summed E-state index contributed by atoms with van der Waals surface area (Å²) < 4.78 is 171. The Morgan fingerprint density at radius 1 is 0.269 bits per heavy atom. The summed E-state index contributed by atoms with van der Waals surface area (Å²) in [4.78, 5) is 0. The van der Waals surface area contributed by atoms with E-state index in [2.05, 4.69) is 0 Å². The number of hydrogen-bond donors (Lipinski definition) is 0. The Kier molecular flexibility index (Phi) is 10.0. The van der Waals surface area contributed by atoms with Crippen LogP contribution in [0.1, 0.15) is 22.3 Å². The van der Waals surface area contributed by atoms with Gasteiger partial charge in [0.25, 0.3) is 0 Å². The molecule has 2 heterocycles. The SMILES string of the molecule is FC(F)(F)c1ccc2c(c1)c1cc(C(F)(F)F)ccc1n2-c1ccc([Si](c2ccccc2)(c2ccccc2)c2ccc(-n3c4ccc(C(F)(F)F)cc4c4cc(C(F)(F)F)ccc43)cc2)cc1. The lowest BCUT2D eigenvalue weighted by Gasteiger charge is -2.34. The van der Waals surface area contributed by atoms with E-state index in [0.717, 1.165) is 69.3 Å². The second kappa shape index (κ2) is 15.4. The van der Waals surface area contributed by atoms with Gasteiger partial charge in [0.05, 0.1) is 44.3 Å². The first-order valence-electron chi connectivity index (χ1n) is 20.5. The van der Waals surface area contributed by atoms with Crippen LogP contribution in [0.2, 0.25) is 0 Å². The standard InChI is InChI=1S/C52H30F12N2Si/c53-49(54,55)31-11-23-45-41(27-31)42-28-32(50(56,57)58)12-24-46(42)65(45)35-15-19-39(20-16-35)67(37-7-3-1-4-8-37,38-9-5-2-6-10-38)40-21-17-36(18-22-40)66-47-25-13-33(51(59,60)61)29-43(47)44-30-34(52(62,63)64)14-26-48(44)66/h1-30H. The highest BCUT2D eigenvalue weighted by atomic mass is 28.3. The molecule has 0 spiro atoms. The van der Waals surface area contributed by atoms with Crippen LogP contribution in [0.15, 0.2) is 182 Å². The van der Waals surface area contributed by atoms with E-state index in [1.807, 2.05) is 84.9 Å². The van der Waals surface area contributed by atoms with E-state index < -0.39 is 55.0 Å². The van der Waals surface area contributed by atoms with Crippen molar-refractivity contribution >= 4 is 72.4 Å². The third kappa shape index (κ3) is 7.32. The van der Waals surface area contributed by atoms with Gasteiger partial charge >= 0.3 is 24.7 Å². The monoisotopic (exact) mass is 938 g/mol. The Morgan fingerprint density at radius 2 is 0.507 bits per heavy atom. The van der Waals surface area contributed by atoms with Crippen LogP contribution in [0, 0.1) is 0 Å². The molecule has 336 valence electrons. The van der Waals surface area contributed by atoms with Gasteiger partial charge in [-0.05, 0) is 118 Å². The Hall–Kier alpha value is -7.26.